The summed E-state index contributed by atoms with van der Waals surface area (Å²) in [6, 6.07) is 20.6. The number of pyridine rings is 1. The molecule has 0 atom stereocenters. The van der Waals surface area contributed by atoms with Gasteiger partial charge in [-0.3, -0.25) is 4.79 Å². The zero-order chi connectivity index (χ0) is 27.6. The van der Waals surface area contributed by atoms with E-state index in [0.717, 1.165) is 67.1 Å². The maximum absolute atomic E-state index is 13.8. The van der Waals surface area contributed by atoms with Gasteiger partial charge in [0, 0.05) is 44.5 Å². The van der Waals surface area contributed by atoms with Gasteiger partial charge in [-0.25, -0.2) is 4.98 Å². The summed E-state index contributed by atoms with van der Waals surface area (Å²) >= 11 is 0. The Morgan fingerprint density at radius 2 is 1.74 bits per heavy atom. The quantitative estimate of drug-likeness (QED) is 0.427. The number of piperidine rings is 1. The second-order valence-corrected chi connectivity index (χ2v) is 11.7. The van der Waals surface area contributed by atoms with Gasteiger partial charge in [-0.15, -0.1) is 0 Å². The number of rotatable bonds is 5. The van der Waals surface area contributed by atoms with Gasteiger partial charge in [0.05, 0.1) is 16.8 Å². The minimum absolute atomic E-state index is 0.130. The summed E-state index contributed by atoms with van der Waals surface area (Å²) in [5.41, 5.74) is 6.02. The number of aryl methyl sites for hydroxylation is 2. The van der Waals surface area contributed by atoms with Gasteiger partial charge in [-0.1, -0.05) is 24.3 Å². The summed E-state index contributed by atoms with van der Waals surface area (Å²) in [6.07, 6.45) is 4.98. The molecule has 0 N–H and O–H groups in total. The first-order valence-electron chi connectivity index (χ1n) is 14.1. The van der Waals surface area contributed by atoms with E-state index in [2.05, 4.69) is 66.7 Å². The highest BCUT2D eigenvalue weighted by atomic mass is 16.2. The van der Waals surface area contributed by atoms with Crippen LogP contribution in [-0.4, -0.2) is 54.1 Å². The SMILES string of the molecule is Cc1cc(C)c(C(=O)N2CCN(c3ccccn3)C(C)(C)C2)cc1CC1CCN(c2ccccc2C#N)CC1. The lowest BCUT2D eigenvalue weighted by molar-refractivity contribution is 0.0684. The lowest BCUT2D eigenvalue weighted by Gasteiger charge is -2.48. The maximum atomic E-state index is 13.8. The molecule has 2 fully saturated rings. The number of nitriles is 1. The third kappa shape index (κ3) is 5.63. The van der Waals surface area contributed by atoms with E-state index in [0.29, 0.717) is 19.0 Å². The van der Waals surface area contributed by atoms with Crippen molar-refractivity contribution in [1.82, 2.24) is 9.88 Å². The summed E-state index contributed by atoms with van der Waals surface area (Å²) in [5.74, 6) is 1.66. The number of hydrogen-bond donors (Lipinski definition) is 0. The van der Waals surface area contributed by atoms with Gasteiger partial charge in [0.15, 0.2) is 0 Å². The van der Waals surface area contributed by atoms with Crippen LogP contribution in [0.1, 0.15) is 59.3 Å². The Morgan fingerprint density at radius 3 is 2.44 bits per heavy atom. The zero-order valence-corrected chi connectivity index (χ0v) is 23.7. The third-order valence-corrected chi connectivity index (χ3v) is 8.52. The number of carbonyl (C=O) groups is 1. The minimum atomic E-state index is -0.207. The van der Waals surface area contributed by atoms with E-state index < -0.39 is 0 Å². The predicted molar refractivity (Wildman–Crippen MR) is 157 cm³/mol. The topological polar surface area (TPSA) is 63.5 Å². The Balaban J connectivity index is 1.26. The molecule has 6 nitrogen and oxygen atoms in total. The second-order valence-electron chi connectivity index (χ2n) is 11.7. The van der Waals surface area contributed by atoms with Crippen LogP contribution in [0.15, 0.2) is 60.8 Å². The number of para-hydroxylation sites is 1. The lowest BCUT2D eigenvalue weighted by Crippen LogP contribution is -2.61. The van der Waals surface area contributed by atoms with Crippen LogP contribution in [0, 0.1) is 31.1 Å². The normalized spacial score (nSPS) is 17.7. The molecule has 2 aliphatic heterocycles. The van der Waals surface area contributed by atoms with E-state index in [4.69, 9.17) is 0 Å². The Labute approximate surface area is 232 Å². The molecule has 1 aromatic heterocycles. The van der Waals surface area contributed by atoms with Crippen molar-refractivity contribution < 1.29 is 4.79 Å². The van der Waals surface area contributed by atoms with Crippen LogP contribution < -0.4 is 9.80 Å². The molecule has 3 aromatic rings. The molecule has 39 heavy (non-hydrogen) atoms. The van der Waals surface area contributed by atoms with E-state index >= 15 is 0 Å². The van der Waals surface area contributed by atoms with Gasteiger partial charge in [-0.2, -0.15) is 5.26 Å². The average molecular weight is 522 g/mol. The fraction of sp³-hybridized carbons (Fsp3) is 0.424. The highest BCUT2D eigenvalue weighted by Gasteiger charge is 2.37. The summed E-state index contributed by atoms with van der Waals surface area (Å²) in [5, 5.41) is 9.49. The number of aromatic nitrogens is 1. The van der Waals surface area contributed by atoms with E-state index in [1.54, 1.807) is 0 Å². The molecule has 0 unspecified atom stereocenters. The van der Waals surface area contributed by atoms with Crippen molar-refractivity contribution in [3.8, 4) is 6.07 Å². The van der Waals surface area contributed by atoms with Gasteiger partial charge in [-0.05, 0) is 99.9 Å². The van der Waals surface area contributed by atoms with Crippen molar-refractivity contribution in [1.29, 1.82) is 5.26 Å². The molecule has 2 aliphatic rings. The summed E-state index contributed by atoms with van der Waals surface area (Å²) in [7, 11) is 0. The second kappa shape index (κ2) is 11.1. The van der Waals surface area contributed by atoms with E-state index in [-0.39, 0.29) is 11.4 Å². The van der Waals surface area contributed by atoms with Crippen molar-refractivity contribution >= 4 is 17.4 Å². The number of nitrogens with zero attached hydrogens (tertiary/aromatic N) is 5. The molecule has 0 aliphatic carbocycles. The molecule has 2 aromatic carbocycles. The standard InChI is InChI=1S/C33H39N5O/c1-24-19-25(2)29(32(39)37-17-18-38(33(3,4)23-37)31-11-7-8-14-35-31)21-28(24)20-26-12-15-36(16-13-26)30-10-6-5-9-27(30)22-34/h5-11,14,19,21,26H,12-13,15-18,20,23H2,1-4H3. The first-order valence-corrected chi connectivity index (χ1v) is 14.1. The van der Waals surface area contributed by atoms with Crippen LogP contribution in [-0.2, 0) is 6.42 Å². The minimum Gasteiger partial charge on any atom is -0.370 e. The van der Waals surface area contributed by atoms with Crippen molar-refractivity contribution in [3.05, 3.63) is 88.6 Å². The van der Waals surface area contributed by atoms with Crippen molar-refractivity contribution in [2.75, 3.05) is 42.5 Å². The molecule has 0 spiro atoms. The van der Waals surface area contributed by atoms with Crippen molar-refractivity contribution in [2.24, 2.45) is 5.92 Å². The first-order chi connectivity index (χ1) is 18.8. The number of benzene rings is 2. The van der Waals surface area contributed by atoms with Gasteiger partial charge >= 0.3 is 0 Å². The van der Waals surface area contributed by atoms with Gasteiger partial charge in [0.25, 0.3) is 5.91 Å². The largest absolute Gasteiger partial charge is 0.370 e. The number of anilines is 2. The highest BCUT2D eigenvalue weighted by Crippen LogP contribution is 2.31. The van der Waals surface area contributed by atoms with Crippen LogP contribution in [0.2, 0.25) is 0 Å². The Hall–Kier alpha value is -3.85. The van der Waals surface area contributed by atoms with Crippen molar-refractivity contribution in [3.63, 3.8) is 0 Å². The monoisotopic (exact) mass is 521 g/mol. The maximum Gasteiger partial charge on any atom is 0.254 e. The predicted octanol–water partition coefficient (Wildman–Crippen LogP) is 5.77. The molecule has 0 saturated carbocycles. The molecule has 0 bridgehead atoms. The molecule has 2 saturated heterocycles. The Kier molecular flexibility index (Phi) is 7.61. The van der Waals surface area contributed by atoms with Crippen LogP contribution in [0.5, 0.6) is 0 Å². The van der Waals surface area contributed by atoms with Crippen LogP contribution >= 0.6 is 0 Å². The highest BCUT2D eigenvalue weighted by molar-refractivity contribution is 5.96. The van der Waals surface area contributed by atoms with Gasteiger partial charge < -0.3 is 14.7 Å². The van der Waals surface area contributed by atoms with Crippen LogP contribution in [0.25, 0.3) is 0 Å². The van der Waals surface area contributed by atoms with Gasteiger partial charge in [0.1, 0.15) is 11.9 Å². The fourth-order valence-electron chi connectivity index (χ4n) is 6.32. The Bertz CT molecular complexity index is 1370. The molecule has 5 rings (SSSR count). The number of carbonyl (C=O) groups excluding carboxylic acids is 1. The number of amides is 1. The molecule has 3 heterocycles. The number of piperazine rings is 1. The summed E-state index contributed by atoms with van der Waals surface area (Å²) < 4.78 is 0. The average Bonchev–Trinajstić information content (AvgIpc) is 2.94. The van der Waals surface area contributed by atoms with E-state index in [1.165, 1.54) is 11.1 Å². The van der Waals surface area contributed by atoms with Crippen LogP contribution in [0.4, 0.5) is 11.5 Å². The lowest BCUT2D eigenvalue weighted by atomic mass is 9.86. The molecule has 1 amide bonds. The summed E-state index contributed by atoms with van der Waals surface area (Å²) in [4.78, 5) is 25.1. The smallest absolute Gasteiger partial charge is 0.254 e. The fourth-order valence-corrected chi connectivity index (χ4v) is 6.32. The third-order valence-electron chi connectivity index (χ3n) is 8.52. The van der Waals surface area contributed by atoms with E-state index in [1.807, 2.05) is 47.5 Å². The van der Waals surface area contributed by atoms with Gasteiger partial charge in [0.2, 0.25) is 0 Å². The number of hydrogen-bond acceptors (Lipinski definition) is 5. The first kappa shape index (κ1) is 26.7. The molecular weight excluding hydrogens is 482 g/mol. The zero-order valence-electron chi connectivity index (χ0n) is 23.7. The molecule has 202 valence electrons. The Morgan fingerprint density at radius 1 is 1.00 bits per heavy atom. The van der Waals surface area contributed by atoms with Crippen molar-refractivity contribution in [2.45, 2.75) is 52.5 Å². The molecular formula is C33H39N5O. The summed E-state index contributed by atoms with van der Waals surface area (Å²) in [6.45, 7) is 12.6. The molecule has 6 heteroatoms. The van der Waals surface area contributed by atoms with E-state index in [9.17, 15) is 10.1 Å². The molecule has 0 radical (unpaired) electrons. The van der Waals surface area contributed by atoms with Crippen LogP contribution in [0.3, 0.4) is 0 Å².